The van der Waals surface area contributed by atoms with E-state index in [1.54, 1.807) is 0 Å². The molecule has 2 unspecified atom stereocenters. The molecule has 152 valence electrons. The van der Waals surface area contributed by atoms with Crippen LogP contribution in [-0.4, -0.2) is 55.5 Å². The lowest BCUT2D eigenvalue weighted by Gasteiger charge is -2.35. The maximum absolute atomic E-state index is 11.8. The molecule has 1 saturated heterocycles. The second kappa shape index (κ2) is 10.9. The molecule has 0 aromatic carbocycles. The van der Waals surface area contributed by atoms with Crippen molar-refractivity contribution in [2.45, 2.75) is 88.8 Å². The van der Waals surface area contributed by atoms with Gasteiger partial charge in [0, 0.05) is 25.2 Å². The Hall–Kier alpha value is -1.32. The smallest absolute Gasteiger partial charge is 0.407 e. The van der Waals surface area contributed by atoms with Crippen molar-refractivity contribution in [3.8, 4) is 6.07 Å². The number of amides is 1. The number of rotatable bonds is 7. The molecule has 0 aromatic heterocycles. The van der Waals surface area contributed by atoms with E-state index in [2.05, 4.69) is 16.3 Å². The van der Waals surface area contributed by atoms with Gasteiger partial charge in [0.15, 0.2) is 0 Å². The summed E-state index contributed by atoms with van der Waals surface area (Å²) < 4.78 is 11.3. The number of alkyl carbamates (subject to hydrolysis) is 1. The maximum Gasteiger partial charge on any atom is 0.407 e. The minimum Gasteiger partial charge on any atom is -0.446 e. The van der Waals surface area contributed by atoms with Gasteiger partial charge in [-0.3, -0.25) is 4.90 Å². The average Bonchev–Trinajstić information content (AvgIpc) is 3.12. The first-order valence-electron chi connectivity index (χ1n) is 10.9. The molecule has 1 N–H and O–H groups in total. The number of carbonyl (C=O) groups excluding carboxylic acids is 1. The van der Waals surface area contributed by atoms with E-state index >= 15 is 0 Å². The number of hydrogen-bond donors (Lipinski definition) is 1. The largest absolute Gasteiger partial charge is 0.446 e. The topological polar surface area (TPSA) is 74.6 Å². The van der Waals surface area contributed by atoms with E-state index in [4.69, 9.17) is 9.47 Å². The molecule has 6 heteroatoms. The van der Waals surface area contributed by atoms with Crippen LogP contribution in [0.4, 0.5) is 4.79 Å². The molecule has 0 radical (unpaired) electrons. The number of ether oxygens (including phenoxy) is 2. The van der Waals surface area contributed by atoms with E-state index in [-0.39, 0.29) is 18.1 Å². The number of nitrogens with zero attached hydrogens (tertiary/aromatic N) is 2. The van der Waals surface area contributed by atoms with Crippen molar-refractivity contribution in [3.05, 3.63) is 0 Å². The van der Waals surface area contributed by atoms with Gasteiger partial charge in [-0.05, 0) is 44.9 Å². The van der Waals surface area contributed by atoms with E-state index in [9.17, 15) is 10.1 Å². The number of nitrogens with one attached hydrogen (secondary N) is 1. The number of likely N-dealkylation sites (tertiary alicyclic amines) is 1. The van der Waals surface area contributed by atoms with Gasteiger partial charge in [-0.2, -0.15) is 5.26 Å². The summed E-state index contributed by atoms with van der Waals surface area (Å²) in [6.45, 7) is 2.50. The van der Waals surface area contributed by atoms with Crippen molar-refractivity contribution in [2.24, 2.45) is 5.92 Å². The molecule has 0 bridgehead atoms. The summed E-state index contributed by atoms with van der Waals surface area (Å²) in [4.78, 5) is 14.4. The van der Waals surface area contributed by atoms with E-state index in [1.165, 1.54) is 38.5 Å². The lowest BCUT2D eigenvalue weighted by molar-refractivity contribution is 0.0475. The Bertz CT molecular complexity index is 495. The average molecular weight is 378 g/mol. The van der Waals surface area contributed by atoms with Crippen molar-refractivity contribution in [2.75, 3.05) is 26.3 Å². The Morgan fingerprint density at radius 2 is 1.78 bits per heavy atom. The Morgan fingerprint density at radius 3 is 2.48 bits per heavy atom. The van der Waals surface area contributed by atoms with Gasteiger partial charge in [-0.1, -0.05) is 25.7 Å². The summed E-state index contributed by atoms with van der Waals surface area (Å²) in [6, 6.07) is 3.41. The van der Waals surface area contributed by atoms with Crippen LogP contribution in [0.1, 0.15) is 70.6 Å². The first-order valence-corrected chi connectivity index (χ1v) is 10.9. The summed E-state index contributed by atoms with van der Waals surface area (Å²) in [5, 5.41) is 12.1. The maximum atomic E-state index is 11.8. The molecule has 2 saturated carbocycles. The third kappa shape index (κ3) is 6.36. The van der Waals surface area contributed by atoms with Gasteiger partial charge in [0.05, 0.1) is 25.2 Å². The van der Waals surface area contributed by atoms with Gasteiger partial charge in [-0.25, -0.2) is 4.79 Å². The zero-order chi connectivity index (χ0) is 18.9. The Balaban J connectivity index is 1.32. The SMILES string of the molecule is N#CC1CC(COCCNC(=O)OC2CCCCC2)N(C2CCCCC2)C1. The van der Waals surface area contributed by atoms with Crippen LogP contribution in [0.25, 0.3) is 0 Å². The van der Waals surface area contributed by atoms with Gasteiger partial charge in [-0.15, -0.1) is 0 Å². The van der Waals surface area contributed by atoms with Gasteiger partial charge < -0.3 is 14.8 Å². The summed E-state index contributed by atoms with van der Waals surface area (Å²) in [5.41, 5.74) is 0. The molecule has 2 aliphatic carbocycles. The number of nitriles is 1. The third-order valence-corrected chi connectivity index (χ3v) is 6.33. The fourth-order valence-corrected chi connectivity index (χ4v) is 4.88. The second-order valence-electron chi connectivity index (χ2n) is 8.37. The van der Waals surface area contributed by atoms with Crippen LogP contribution in [0.5, 0.6) is 0 Å². The van der Waals surface area contributed by atoms with E-state index < -0.39 is 0 Å². The highest BCUT2D eigenvalue weighted by Gasteiger charge is 2.36. The molecular formula is C21H35N3O3. The normalized spacial score (nSPS) is 28.0. The molecule has 1 amide bonds. The van der Waals surface area contributed by atoms with Crippen molar-refractivity contribution in [1.29, 1.82) is 5.26 Å². The minimum absolute atomic E-state index is 0.0881. The zero-order valence-electron chi connectivity index (χ0n) is 16.5. The van der Waals surface area contributed by atoms with Crippen molar-refractivity contribution in [3.63, 3.8) is 0 Å². The molecule has 3 rings (SSSR count). The van der Waals surface area contributed by atoms with Crippen LogP contribution in [0.15, 0.2) is 0 Å². The molecule has 3 fully saturated rings. The van der Waals surface area contributed by atoms with Crippen LogP contribution >= 0.6 is 0 Å². The van der Waals surface area contributed by atoms with Crippen LogP contribution in [0.2, 0.25) is 0 Å². The highest BCUT2D eigenvalue weighted by molar-refractivity contribution is 5.67. The molecule has 3 aliphatic rings. The monoisotopic (exact) mass is 377 g/mol. The molecule has 1 heterocycles. The minimum atomic E-state index is -0.320. The first kappa shape index (κ1) is 20.4. The summed E-state index contributed by atoms with van der Waals surface area (Å²) in [5.74, 6) is 0.129. The Kier molecular flexibility index (Phi) is 8.22. The molecule has 0 spiro atoms. The van der Waals surface area contributed by atoms with Gasteiger partial charge >= 0.3 is 6.09 Å². The predicted octanol–water partition coefficient (Wildman–Crippen LogP) is 3.61. The van der Waals surface area contributed by atoms with Crippen molar-refractivity contribution in [1.82, 2.24) is 10.2 Å². The van der Waals surface area contributed by atoms with E-state index in [1.807, 2.05) is 0 Å². The van der Waals surface area contributed by atoms with E-state index in [0.29, 0.717) is 31.8 Å². The standard InChI is InChI=1S/C21H35N3O3/c22-14-17-13-19(24(15-17)18-7-3-1-4-8-18)16-26-12-11-23-21(25)27-20-9-5-2-6-10-20/h17-20H,1-13,15-16H2,(H,23,25). The van der Waals surface area contributed by atoms with Crippen LogP contribution in [0.3, 0.4) is 0 Å². The lowest BCUT2D eigenvalue weighted by atomic mass is 9.94. The van der Waals surface area contributed by atoms with Gasteiger partial charge in [0.2, 0.25) is 0 Å². The Labute approximate surface area is 163 Å². The molecule has 0 aromatic rings. The highest BCUT2D eigenvalue weighted by Crippen LogP contribution is 2.31. The fourth-order valence-electron chi connectivity index (χ4n) is 4.88. The fraction of sp³-hybridized carbons (Fsp3) is 0.905. The van der Waals surface area contributed by atoms with Gasteiger partial charge in [0.25, 0.3) is 0 Å². The van der Waals surface area contributed by atoms with Crippen molar-refractivity contribution >= 4 is 6.09 Å². The van der Waals surface area contributed by atoms with Crippen LogP contribution < -0.4 is 5.32 Å². The molecule has 1 aliphatic heterocycles. The number of carbonyl (C=O) groups is 1. The lowest BCUT2D eigenvalue weighted by Crippen LogP contribution is -2.42. The number of hydrogen-bond acceptors (Lipinski definition) is 5. The predicted molar refractivity (Wildman–Crippen MR) is 103 cm³/mol. The zero-order valence-corrected chi connectivity index (χ0v) is 16.5. The quantitative estimate of drug-likeness (QED) is 0.686. The third-order valence-electron chi connectivity index (χ3n) is 6.33. The molecule has 2 atom stereocenters. The molecule has 6 nitrogen and oxygen atoms in total. The molecular weight excluding hydrogens is 342 g/mol. The van der Waals surface area contributed by atoms with Crippen LogP contribution in [-0.2, 0) is 9.47 Å². The van der Waals surface area contributed by atoms with Crippen LogP contribution in [0, 0.1) is 17.2 Å². The summed E-state index contributed by atoms with van der Waals surface area (Å²) in [6.07, 6.45) is 12.7. The molecule has 27 heavy (non-hydrogen) atoms. The van der Waals surface area contributed by atoms with Gasteiger partial charge in [0.1, 0.15) is 6.10 Å². The highest BCUT2D eigenvalue weighted by atomic mass is 16.6. The summed E-state index contributed by atoms with van der Waals surface area (Å²) >= 11 is 0. The summed E-state index contributed by atoms with van der Waals surface area (Å²) in [7, 11) is 0. The Morgan fingerprint density at radius 1 is 1.07 bits per heavy atom. The van der Waals surface area contributed by atoms with Crippen molar-refractivity contribution < 1.29 is 14.3 Å². The first-order chi connectivity index (χ1) is 13.3. The van der Waals surface area contributed by atoms with E-state index in [0.717, 1.165) is 38.6 Å². The second-order valence-corrected chi connectivity index (χ2v) is 8.37.